The highest BCUT2D eigenvalue weighted by atomic mass is 16.3. The zero-order chi connectivity index (χ0) is 19.4. The Kier molecular flexibility index (Phi) is 5.40. The zero-order valence-electron chi connectivity index (χ0n) is 14.9. The molecule has 2 atom stereocenters. The second kappa shape index (κ2) is 7.90. The van der Waals surface area contributed by atoms with Crippen molar-refractivity contribution in [3.63, 3.8) is 0 Å². The highest BCUT2D eigenvalue weighted by Crippen LogP contribution is 2.25. The molecule has 140 valence electrons. The molecule has 7 heteroatoms. The van der Waals surface area contributed by atoms with Crippen LogP contribution in [0.15, 0.2) is 54.6 Å². The highest BCUT2D eigenvalue weighted by Gasteiger charge is 2.35. The first-order valence-electron chi connectivity index (χ1n) is 8.69. The van der Waals surface area contributed by atoms with Crippen LogP contribution in [0.4, 0.5) is 11.4 Å². The Morgan fingerprint density at radius 2 is 1.89 bits per heavy atom. The predicted octanol–water partition coefficient (Wildman–Crippen LogP) is 1.89. The Bertz CT molecular complexity index is 853. The molecule has 3 amide bonds. The van der Waals surface area contributed by atoms with Gasteiger partial charge in [-0.05, 0) is 31.2 Å². The summed E-state index contributed by atoms with van der Waals surface area (Å²) in [6, 6.07) is 14.6. The molecule has 7 nitrogen and oxygen atoms in total. The average molecular weight is 367 g/mol. The molecule has 0 saturated carbocycles. The number of para-hydroxylation sites is 1. The van der Waals surface area contributed by atoms with Gasteiger partial charge < -0.3 is 20.6 Å². The number of nitrogens with zero attached hydrogens (tertiary/aromatic N) is 1. The fourth-order valence-electron chi connectivity index (χ4n) is 2.97. The van der Waals surface area contributed by atoms with Crippen molar-refractivity contribution >= 4 is 29.1 Å². The van der Waals surface area contributed by atoms with Crippen LogP contribution in [0.3, 0.4) is 0 Å². The van der Waals surface area contributed by atoms with Crippen molar-refractivity contribution in [1.29, 1.82) is 0 Å². The first kappa shape index (κ1) is 18.4. The smallest absolute Gasteiger partial charge is 0.246 e. The summed E-state index contributed by atoms with van der Waals surface area (Å²) in [5.41, 5.74) is 1.19. The minimum Gasteiger partial charge on any atom is -0.508 e. The number of carbonyl (C=O) groups excluding carboxylic acids is 3. The summed E-state index contributed by atoms with van der Waals surface area (Å²) in [4.78, 5) is 38.5. The van der Waals surface area contributed by atoms with Gasteiger partial charge in [-0.3, -0.25) is 14.4 Å². The van der Waals surface area contributed by atoms with Crippen molar-refractivity contribution in [2.45, 2.75) is 19.4 Å². The predicted molar refractivity (Wildman–Crippen MR) is 101 cm³/mol. The number of phenolic OH excluding ortho intramolecular Hbond substituents is 1. The maximum atomic E-state index is 12.5. The van der Waals surface area contributed by atoms with Gasteiger partial charge in [0.2, 0.25) is 17.7 Å². The van der Waals surface area contributed by atoms with E-state index in [4.69, 9.17) is 0 Å². The van der Waals surface area contributed by atoms with Crippen molar-refractivity contribution in [3.8, 4) is 5.75 Å². The van der Waals surface area contributed by atoms with E-state index in [1.54, 1.807) is 24.0 Å². The molecule has 27 heavy (non-hydrogen) atoms. The molecule has 1 unspecified atom stereocenters. The summed E-state index contributed by atoms with van der Waals surface area (Å²) in [5.74, 6) is -1.32. The minimum absolute atomic E-state index is 0.0370. The number of anilines is 2. The van der Waals surface area contributed by atoms with Crippen LogP contribution in [0.5, 0.6) is 5.75 Å². The lowest BCUT2D eigenvalue weighted by Gasteiger charge is -2.18. The van der Waals surface area contributed by atoms with E-state index in [0.29, 0.717) is 5.69 Å². The maximum absolute atomic E-state index is 12.5. The Morgan fingerprint density at radius 3 is 2.59 bits per heavy atom. The lowest BCUT2D eigenvalue weighted by atomic mass is 10.1. The molecule has 2 aromatic carbocycles. The van der Waals surface area contributed by atoms with E-state index in [1.165, 1.54) is 12.1 Å². The SMILES string of the molecule is C[C@@H](NC(=O)C1CC(=O)N(c2ccccc2)C1)C(=O)Nc1cccc(O)c1. The van der Waals surface area contributed by atoms with Gasteiger partial charge in [-0.2, -0.15) is 0 Å². The van der Waals surface area contributed by atoms with Crippen molar-refractivity contribution < 1.29 is 19.5 Å². The van der Waals surface area contributed by atoms with Crippen LogP contribution in [-0.2, 0) is 14.4 Å². The Hall–Kier alpha value is -3.35. The minimum atomic E-state index is -0.777. The van der Waals surface area contributed by atoms with Crippen LogP contribution in [0, 0.1) is 5.92 Å². The number of nitrogens with one attached hydrogen (secondary N) is 2. The molecule has 0 bridgehead atoms. The lowest BCUT2D eigenvalue weighted by Crippen LogP contribution is -2.44. The molecule has 1 heterocycles. The number of hydrogen-bond donors (Lipinski definition) is 3. The normalized spacial score (nSPS) is 17.4. The number of phenols is 1. The fourth-order valence-corrected chi connectivity index (χ4v) is 2.97. The van der Waals surface area contributed by atoms with Gasteiger partial charge >= 0.3 is 0 Å². The second-order valence-electron chi connectivity index (χ2n) is 6.51. The average Bonchev–Trinajstić information content (AvgIpc) is 3.04. The summed E-state index contributed by atoms with van der Waals surface area (Å²) in [7, 11) is 0. The Morgan fingerprint density at radius 1 is 1.15 bits per heavy atom. The van der Waals surface area contributed by atoms with E-state index in [9.17, 15) is 19.5 Å². The zero-order valence-corrected chi connectivity index (χ0v) is 14.9. The molecule has 0 radical (unpaired) electrons. The lowest BCUT2D eigenvalue weighted by molar-refractivity contribution is -0.129. The van der Waals surface area contributed by atoms with Crippen LogP contribution in [0.1, 0.15) is 13.3 Å². The van der Waals surface area contributed by atoms with E-state index in [-0.39, 0.29) is 30.5 Å². The van der Waals surface area contributed by atoms with Gasteiger partial charge in [0.25, 0.3) is 0 Å². The molecule has 1 aliphatic rings. The third-order valence-electron chi connectivity index (χ3n) is 4.43. The van der Waals surface area contributed by atoms with E-state index < -0.39 is 17.9 Å². The van der Waals surface area contributed by atoms with Gasteiger partial charge in [0.05, 0.1) is 5.92 Å². The third-order valence-corrected chi connectivity index (χ3v) is 4.43. The molecule has 0 aliphatic carbocycles. The Labute approximate surface area is 157 Å². The first-order valence-corrected chi connectivity index (χ1v) is 8.69. The largest absolute Gasteiger partial charge is 0.508 e. The summed E-state index contributed by atoms with van der Waals surface area (Å²) >= 11 is 0. The van der Waals surface area contributed by atoms with E-state index in [1.807, 2.05) is 30.3 Å². The number of amides is 3. The fraction of sp³-hybridized carbons (Fsp3) is 0.250. The topological polar surface area (TPSA) is 98.7 Å². The van der Waals surface area contributed by atoms with Gasteiger partial charge in [-0.1, -0.05) is 24.3 Å². The summed E-state index contributed by atoms with van der Waals surface area (Å²) < 4.78 is 0. The molecule has 2 aromatic rings. The number of carbonyl (C=O) groups is 3. The molecular formula is C20H21N3O4. The van der Waals surface area contributed by atoms with Gasteiger partial charge in [0.15, 0.2) is 0 Å². The van der Waals surface area contributed by atoms with Gasteiger partial charge in [-0.15, -0.1) is 0 Å². The molecule has 1 saturated heterocycles. The summed E-state index contributed by atoms with van der Waals surface area (Å²) in [6.45, 7) is 1.86. The standard InChI is InChI=1S/C20H21N3O4/c1-13(19(26)22-15-6-5-9-17(24)11-15)21-20(27)14-10-18(25)23(12-14)16-7-3-2-4-8-16/h2-9,11,13-14,24H,10,12H2,1H3,(H,21,27)(H,22,26)/t13-,14?/m1/s1. The van der Waals surface area contributed by atoms with Crippen LogP contribution in [0.25, 0.3) is 0 Å². The summed E-state index contributed by atoms with van der Waals surface area (Å²) in [6.07, 6.45) is 0.113. The van der Waals surface area contributed by atoms with Crippen LogP contribution < -0.4 is 15.5 Å². The van der Waals surface area contributed by atoms with Crippen LogP contribution in [0.2, 0.25) is 0 Å². The quantitative estimate of drug-likeness (QED) is 0.751. The monoisotopic (exact) mass is 367 g/mol. The molecule has 3 rings (SSSR count). The highest BCUT2D eigenvalue weighted by molar-refractivity contribution is 6.02. The second-order valence-corrected chi connectivity index (χ2v) is 6.51. The van der Waals surface area contributed by atoms with Crippen molar-refractivity contribution in [2.75, 3.05) is 16.8 Å². The van der Waals surface area contributed by atoms with Gasteiger partial charge in [-0.25, -0.2) is 0 Å². The summed E-state index contributed by atoms with van der Waals surface area (Å²) in [5, 5.41) is 14.7. The number of hydrogen-bond acceptors (Lipinski definition) is 4. The van der Waals surface area contributed by atoms with E-state index in [2.05, 4.69) is 10.6 Å². The van der Waals surface area contributed by atoms with E-state index >= 15 is 0 Å². The van der Waals surface area contributed by atoms with Gasteiger partial charge in [0.1, 0.15) is 11.8 Å². The van der Waals surface area contributed by atoms with Gasteiger partial charge in [0, 0.05) is 30.4 Å². The maximum Gasteiger partial charge on any atom is 0.246 e. The molecule has 3 N–H and O–H groups in total. The van der Waals surface area contributed by atoms with E-state index in [0.717, 1.165) is 5.69 Å². The number of rotatable bonds is 5. The molecule has 1 aliphatic heterocycles. The number of benzene rings is 2. The Balaban J connectivity index is 1.57. The van der Waals surface area contributed by atoms with Crippen LogP contribution >= 0.6 is 0 Å². The molecule has 0 aromatic heterocycles. The number of aromatic hydroxyl groups is 1. The van der Waals surface area contributed by atoms with Crippen LogP contribution in [-0.4, -0.2) is 35.4 Å². The molecule has 1 fully saturated rings. The van der Waals surface area contributed by atoms with Crippen molar-refractivity contribution in [3.05, 3.63) is 54.6 Å². The third kappa shape index (κ3) is 4.44. The molecule has 0 spiro atoms. The first-order chi connectivity index (χ1) is 12.9. The van der Waals surface area contributed by atoms with Crippen molar-refractivity contribution in [1.82, 2.24) is 5.32 Å². The molecular weight excluding hydrogens is 346 g/mol. The van der Waals surface area contributed by atoms with Crippen molar-refractivity contribution in [2.24, 2.45) is 5.92 Å².